The van der Waals surface area contributed by atoms with Crippen molar-refractivity contribution in [1.29, 1.82) is 0 Å². The normalized spacial score (nSPS) is 10.6. The first-order chi connectivity index (χ1) is 10.1. The van der Waals surface area contributed by atoms with Gasteiger partial charge in [-0.2, -0.15) is 5.90 Å². The number of benzene rings is 1. The van der Waals surface area contributed by atoms with Crippen LogP contribution < -0.4 is 11.2 Å². The summed E-state index contributed by atoms with van der Waals surface area (Å²) in [6.45, 7) is 0.384. The van der Waals surface area contributed by atoms with E-state index in [4.69, 9.17) is 33.5 Å². The van der Waals surface area contributed by atoms with Crippen molar-refractivity contribution in [3.05, 3.63) is 46.9 Å². The van der Waals surface area contributed by atoms with Crippen molar-refractivity contribution in [2.45, 2.75) is 11.4 Å². The Labute approximate surface area is 134 Å². The Morgan fingerprint density at radius 3 is 2.90 bits per heavy atom. The molecular weight excluding hydrogens is 339 g/mol. The van der Waals surface area contributed by atoms with Crippen LogP contribution in [0.2, 0.25) is 5.02 Å². The summed E-state index contributed by atoms with van der Waals surface area (Å²) in [5, 5.41) is 2.74. The average molecular weight is 349 g/mol. The van der Waals surface area contributed by atoms with Crippen LogP contribution in [-0.4, -0.2) is 5.24 Å². The molecule has 0 fully saturated rings. The van der Waals surface area contributed by atoms with Gasteiger partial charge in [0.2, 0.25) is 0 Å². The Morgan fingerprint density at radius 1 is 1.48 bits per heavy atom. The highest BCUT2D eigenvalue weighted by Crippen LogP contribution is 2.34. The summed E-state index contributed by atoms with van der Waals surface area (Å²) >= 11 is 12.4. The highest BCUT2D eigenvalue weighted by molar-refractivity contribution is 7.94. The molecule has 0 aliphatic carbocycles. The van der Waals surface area contributed by atoms with Crippen LogP contribution in [0.25, 0.3) is 0 Å². The Bertz CT molecular complexity index is 622. The molecule has 2 rings (SSSR count). The Morgan fingerprint density at radius 2 is 2.29 bits per heavy atom. The summed E-state index contributed by atoms with van der Waals surface area (Å²) in [6.07, 6.45) is 1.56. The highest BCUT2D eigenvalue weighted by Gasteiger charge is 2.15. The third kappa shape index (κ3) is 4.37. The van der Waals surface area contributed by atoms with Crippen LogP contribution in [0.1, 0.15) is 16.1 Å². The fourth-order valence-electron chi connectivity index (χ4n) is 1.58. The molecule has 0 saturated heterocycles. The first-order valence-electron chi connectivity index (χ1n) is 5.61. The minimum Gasteiger partial charge on any atom is -0.467 e. The third-order valence-electron chi connectivity index (χ3n) is 2.48. The molecule has 0 amide bonds. The predicted molar refractivity (Wildman–Crippen MR) is 79.9 cm³/mol. The van der Waals surface area contributed by atoms with Gasteiger partial charge in [0.25, 0.3) is 5.24 Å². The van der Waals surface area contributed by atoms with Crippen LogP contribution in [-0.2, 0) is 15.9 Å². The second-order valence-corrected chi connectivity index (χ2v) is 5.28. The molecule has 2 aromatic rings. The fraction of sp³-hybridized carbons (Fsp3) is 0.0833. The molecule has 0 atom stereocenters. The number of hydrogen-bond donors (Lipinski definition) is 2. The zero-order chi connectivity index (χ0) is 15.2. The third-order valence-corrected chi connectivity index (χ3v) is 3.77. The quantitative estimate of drug-likeness (QED) is 0.341. The lowest BCUT2D eigenvalue weighted by molar-refractivity contribution is -0.195. The first-order valence-corrected chi connectivity index (χ1v) is 7.11. The van der Waals surface area contributed by atoms with E-state index in [-0.39, 0.29) is 5.56 Å². The summed E-state index contributed by atoms with van der Waals surface area (Å²) in [5.41, 5.74) is 0.727. The number of hydrogen-bond acceptors (Lipinski definition) is 7. The van der Waals surface area contributed by atoms with E-state index in [1.165, 1.54) is 6.07 Å². The van der Waals surface area contributed by atoms with Crippen molar-refractivity contribution >= 4 is 46.2 Å². The number of anilines is 1. The van der Waals surface area contributed by atoms with Crippen molar-refractivity contribution < 1.29 is 18.5 Å². The summed E-state index contributed by atoms with van der Waals surface area (Å²) in [5.74, 6) is 5.46. The zero-order valence-corrected chi connectivity index (χ0v) is 12.8. The molecule has 1 aromatic carbocycles. The van der Waals surface area contributed by atoms with Gasteiger partial charge in [-0.1, -0.05) is 11.6 Å². The van der Waals surface area contributed by atoms with E-state index in [9.17, 15) is 4.79 Å². The Kier molecular flexibility index (Phi) is 5.92. The van der Waals surface area contributed by atoms with Gasteiger partial charge >= 0.3 is 0 Å². The van der Waals surface area contributed by atoms with E-state index in [1.807, 2.05) is 0 Å². The maximum absolute atomic E-state index is 11.5. The summed E-state index contributed by atoms with van der Waals surface area (Å²) in [6, 6.07) is 6.60. The van der Waals surface area contributed by atoms with Gasteiger partial charge in [0.1, 0.15) is 5.76 Å². The summed E-state index contributed by atoms with van der Waals surface area (Å²) in [4.78, 5) is 15.9. The van der Waals surface area contributed by atoms with Crippen LogP contribution >= 0.6 is 35.2 Å². The highest BCUT2D eigenvalue weighted by atomic mass is 35.5. The molecule has 6 nitrogen and oxygen atoms in total. The van der Waals surface area contributed by atoms with Crippen molar-refractivity contribution in [3.8, 4) is 0 Å². The van der Waals surface area contributed by atoms with E-state index in [1.54, 1.807) is 24.5 Å². The molecule has 0 unspecified atom stereocenters. The smallest absolute Gasteiger partial charge is 0.254 e. The lowest BCUT2D eigenvalue weighted by atomic mass is 10.2. The number of halogens is 2. The molecule has 21 heavy (non-hydrogen) atoms. The predicted octanol–water partition coefficient (Wildman–Crippen LogP) is 3.75. The molecule has 1 heterocycles. The monoisotopic (exact) mass is 348 g/mol. The van der Waals surface area contributed by atoms with Crippen LogP contribution in [0.5, 0.6) is 0 Å². The first kappa shape index (κ1) is 16.2. The number of carbonyl (C=O) groups is 1. The van der Waals surface area contributed by atoms with Gasteiger partial charge < -0.3 is 9.73 Å². The van der Waals surface area contributed by atoms with Gasteiger partial charge in [-0.25, -0.2) is 0 Å². The number of nitrogens with one attached hydrogen (secondary N) is 1. The van der Waals surface area contributed by atoms with Gasteiger partial charge in [0, 0.05) is 5.69 Å². The molecule has 112 valence electrons. The van der Waals surface area contributed by atoms with Crippen molar-refractivity contribution in [2.75, 3.05) is 5.32 Å². The number of carbonyl (C=O) groups excluding carboxylic acids is 1. The van der Waals surface area contributed by atoms with Gasteiger partial charge in [-0.3, -0.25) is 4.79 Å². The van der Waals surface area contributed by atoms with E-state index in [0.29, 0.717) is 27.9 Å². The maximum Gasteiger partial charge on any atom is 0.254 e. The molecule has 0 bridgehead atoms. The maximum atomic E-state index is 11.5. The molecule has 3 N–H and O–H groups in total. The van der Waals surface area contributed by atoms with Crippen LogP contribution in [0.15, 0.2) is 39.8 Å². The standard InChI is InChI=1S/C12H10Cl2N2O4S/c13-9-5-10(16-6-7-2-1-3-18-7)8(12(14)17)4-11(9)21-20-19-15/h1-5,16H,6,15H2. The number of rotatable bonds is 7. The average Bonchev–Trinajstić information content (AvgIpc) is 2.97. The van der Waals surface area contributed by atoms with Crippen molar-refractivity contribution in [3.63, 3.8) is 0 Å². The van der Waals surface area contributed by atoms with Crippen molar-refractivity contribution in [1.82, 2.24) is 0 Å². The molecule has 0 aliphatic heterocycles. The summed E-state index contributed by atoms with van der Waals surface area (Å²) in [7, 11) is 0. The Balaban J connectivity index is 2.22. The van der Waals surface area contributed by atoms with E-state index in [0.717, 1.165) is 12.0 Å². The van der Waals surface area contributed by atoms with Gasteiger partial charge in [-0.05, 0) is 35.9 Å². The van der Waals surface area contributed by atoms with E-state index in [2.05, 4.69) is 14.6 Å². The van der Waals surface area contributed by atoms with Crippen molar-refractivity contribution in [2.24, 2.45) is 5.90 Å². The molecule has 0 radical (unpaired) electrons. The lowest BCUT2D eigenvalue weighted by Crippen LogP contribution is -2.04. The van der Waals surface area contributed by atoms with Crippen LogP contribution in [0.3, 0.4) is 0 Å². The largest absolute Gasteiger partial charge is 0.467 e. The lowest BCUT2D eigenvalue weighted by Gasteiger charge is -2.11. The van der Waals surface area contributed by atoms with Crippen LogP contribution in [0, 0.1) is 0 Å². The van der Waals surface area contributed by atoms with Gasteiger partial charge in [0.15, 0.2) is 0 Å². The molecule has 0 spiro atoms. The second kappa shape index (κ2) is 7.69. The zero-order valence-electron chi connectivity index (χ0n) is 10.5. The number of nitrogens with two attached hydrogens (primary N) is 1. The number of furan rings is 1. The topological polar surface area (TPSA) is 86.7 Å². The molecular formula is C12H10Cl2N2O4S. The minimum atomic E-state index is -0.635. The molecule has 0 aliphatic rings. The molecule has 9 heteroatoms. The molecule has 0 saturated carbocycles. The SMILES string of the molecule is NOOSc1cc(C(=O)Cl)c(NCc2ccco2)cc1Cl. The summed E-state index contributed by atoms with van der Waals surface area (Å²) < 4.78 is 9.71. The second-order valence-electron chi connectivity index (χ2n) is 3.78. The Hall–Kier alpha value is -1.22. The van der Waals surface area contributed by atoms with Gasteiger partial charge in [-0.15, -0.1) is 9.32 Å². The molecule has 1 aromatic heterocycles. The minimum absolute atomic E-state index is 0.246. The van der Waals surface area contributed by atoms with Gasteiger partial charge in [0.05, 0.1) is 40.3 Å². The van der Waals surface area contributed by atoms with E-state index >= 15 is 0 Å². The van der Waals surface area contributed by atoms with Crippen LogP contribution in [0.4, 0.5) is 5.69 Å². The fourth-order valence-corrected chi connectivity index (χ4v) is 2.41. The van der Waals surface area contributed by atoms with E-state index < -0.39 is 5.24 Å².